The van der Waals surface area contributed by atoms with E-state index in [1.54, 1.807) is 45.0 Å². The number of carbonyl (C=O) groups is 2. The lowest BCUT2D eigenvalue weighted by Crippen LogP contribution is -2.25. The highest BCUT2D eigenvalue weighted by Crippen LogP contribution is 2.23. The van der Waals surface area contributed by atoms with Gasteiger partial charge < -0.3 is 9.47 Å². The maximum absolute atomic E-state index is 12.8. The SMILES string of the molecule is CC(C)(C)C(=O)OCOC(C(=O)c1ccccc1)c1ccccc1. The lowest BCUT2D eigenvalue weighted by atomic mass is 9.98. The van der Waals surface area contributed by atoms with Crippen molar-refractivity contribution in [3.05, 3.63) is 71.8 Å². The predicted molar refractivity (Wildman–Crippen MR) is 91.5 cm³/mol. The summed E-state index contributed by atoms with van der Waals surface area (Å²) >= 11 is 0. The van der Waals surface area contributed by atoms with Crippen LogP contribution in [0.1, 0.15) is 42.8 Å². The van der Waals surface area contributed by atoms with Crippen LogP contribution in [-0.4, -0.2) is 18.5 Å². The van der Waals surface area contributed by atoms with Crippen molar-refractivity contribution in [2.24, 2.45) is 5.41 Å². The number of benzene rings is 2. The van der Waals surface area contributed by atoms with E-state index in [0.29, 0.717) is 5.56 Å². The van der Waals surface area contributed by atoms with Gasteiger partial charge in [-0.25, -0.2) is 0 Å². The number of ketones is 1. The smallest absolute Gasteiger partial charge is 0.313 e. The Hall–Kier alpha value is -2.46. The quantitative estimate of drug-likeness (QED) is 0.454. The van der Waals surface area contributed by atoms with E-state index in [-0.39, 0.29) is 18.5 Å². The van der Waals surface area contributed by atoms with Crippen LogP contribution in [0.15, 0.2) is 60.7 Å². The van der Waals surface area contributed by atoms with Gasteiger partial charge in [-0.3, -0.25) is 9.59 Å². The normalized spacial score (nSPS) is 12.5. The number of hydrogen-bond acceptors (Lipinski definition) is 4. The molecule has 0 bridgehead atoms. The molecule has 4 nitrogen and oxygen atoms in total. The molecule has 2 aromatic carbocycles. The number of ether oxygens (including phenoxy) is 2. The third-order valence-electron chi connectivity index (χ3n) is 3.44. The summed E-state index contributed by atoms with van der Waals surface area (Å²) in [5.74, 6) is -0.546. The van der Waals surface area contributed by atoms with Crippen molar-refractivity contribution >= 4 is 11.8 Å². The molecule has 0 spiro atoms. The molecule has 2 aromatic rings. The van der Waals surface area contributed by atoms with Crippen molar-refractivity contribution in [3.8, 4) is 0 Å². The summed E-state index contributed by atoms with van der Waals surface area (Å²) in [6, 6.07) is 18.1. The summed E-state index contributed by atoms with van der Waals surface area (Å²) in [5.41, 5.74) is 0.654. The van der Waals surface area contributed by atoms with Crippen LogP contribution in [-0.2, 0) is 14.3 Å². The molecule has 0 aliphatic carbocycles. The molecule has 0 saturated heterocycles. The Balaban J connectivity index is 2.13. The maximum atomic E-state index is 12.8. The zero-order chi connectivity index (χ0) is 17.6. The number of hydrogen-bond donors (Lipinski definition) is 0. The van der Waals surface area contributed by atoms with Crippen molar-refractivity contribution in [2.45, 2.75) is 26.9 Å². The van der Waals surface area contributed by atoms with Gasteiger partial charge in [0.15, 0.2) is 12.6 Å². The highest BCUT2D eigenvalue weighted by Gasteiger charge is 2.26. The van der Waals surface area contributed by atoms with Gasteiger partial charge in [0.2, 0.25) is 0 Å². The fourth-order valence-corrected chi connectivity index (χ4v) is 2.08. The third-order valence-corrected chi connectivity index (χ3v) is 3.44. The van der Waals surface area contributed by atoms with Gasteiger partial charge in [-0.1, -0.05) is 60.7 Å². The molecule has 24 heavy (non-hydrogen) atoms. The zero-order valence-electron chi connectivity index (χ0n) is 14.2. The first kappa shape index (κ1) is 17.9. The van der Waals surface area contributed by atoms with E-state index in [0.717, 1.165) is 5.56 Å². The van der Waals surface area contributed by atoms with Crippen molar-refractivity contribution in [1.82, 2.24) is 0 Å². The predicted octanol–water partition coefficient (Wildman–Crippen LogP) is 4.17. The van der Waals surface area contributed by atoms with E-state index in [1.807, 2.05) is 36.4 Å². The van der Waals surface area contributed by atoms with Crippen LogP contribution >= 0.6 is 0 Å². The van der Waals surface area contributed by atoms with E-state index in [9.17, 15) is 9.59 Å². The lowest BCUT2D eigenvalue weighted by Gasteiger charge is -2.20. The molecule has 1 unspecified atom stereocenters. The Kier molecular flexibility index (Phi) is 5.88. The van der Waals surface area contributed by atoms with E-state index in [4.69, 9.17) is 9.47 Å². The van der Waals surface area contributed by atoms with Gasteiger partial charge >= 0.3 is 5.97 Å². The Morgan fingerprint density at radius 1 is 0.917 bits per heavy atom. The standard InChI is InChI=1S/C20H22O4/c1-20(2,3)19(22)24-14-23-18(16-12-8-5-9-13-16)17(21)15-10-6-4-7-11-15/h4-13,18H,14H2,1-3H3. The Morgan fingerprint density at radius 3 is 2.00 bits per heavy atom. The summed E-state index contributed by atoms with van der Waals surface area (Å²) in [6.45, 7) is 5.02. The molecule has 126 valence electrons. The fraction of sp³-hybridized carbons (Fsp3) is 0.300. The van der Waals surface area contributed by atoms with Crippen LogP contribution in [0.4, 0.5) is 0 Å². The van der Waals surface area contributed by atoms with E-state index in [2.05, 4.69) is 0 Å². The van der Waals surface area contributed by atoms with Gasteiger partial charge in [-0.15, -0.1) is 0 Å². The highest BCUT2D eigenvalue weighted by molar-refractivity contribution is 6.00. The Bertz CT molecular complexity index is 672. The summed E-state index contributed by atoms with van der Waals surface area (Å²) in [7, 11) is 0. The van der Waals surface area contributed by atoms with Gasteiger partial charge in [0.25, 0.3) is 0 Å². The molecule has 0 heterocycles. The van der Waals surface area contributed by atoms with Gasteiger partial charge in [0, 0.05) is 5.56 Å². The van der Waals surface area contributed by atoms with Gasteiger partial charge in [-0.05, 0) is 26.3 Å². The van der Waals surface area contributed by atoms with E-state index >= 15 is 0 Å². The highest BCUT2D eigenvalue weighted by atomic mass is 16.7. The summed E-state index contributed by atoms with van der Waals surface area (Å²) < 4.78 is 10.7. The van der Waals surface area contributed by atoms with Crippen molar-refractivity contribution < 1.29 is 19.1 Å². The molecular weight excluding hydrogens is 304 g/mol. The van der Waals surface area contributed by atoms with Gasteiger partial charge in [0.05, 0.1) is 5.41 Å². The van der Waals surface area contributed by atoms with Crippen molar-refractivity contribution in [2.75, 3.05) is 6.79 Å². The number of Topliss-reactive ketones (excluding diaryl/α,β-unsaturated/α-hetero) is 1. The van der Waals surface area contributed by atoms with Gasteiger partial charge in [0.1, 0.15) is 6.10 Å². The molecule has 0 aliphatic heterocycles. The number of carbonyl (C=O) groups excluding carboxylic acids is 2. The number of rotatable bonds is 6. The fourth-order valence-electron chi connectivity index (χ4n) is 2.08. The summed E-state index contributed by atoms with van der Waals surface area (Å²) in [5, 5.41) is 0. The van der Waals surface area contributed by atoms with Crippen LogP contribution in [0.2, 0.25) is 0 Å². The molecule has 0 saturated carbocycles. The van der Waals surface area contributed by atoms with Gasteiger partial charge in [-0.2, -0.15) is 0 Å². The minimum Gasteiger partial charge on any atom is -0.438 e. The van der Waals surface area contributed by atoms with E-state index in [1.165, 1.54) is 0 Å². The lowest BCUT2D eigenvalue weighted by molar-refractivity contribution is -0.168. The first-order chi connectivity index (χ1) is 11.4. The van der Waals surface area contributed by atoms with Crippen LogP contribution in [0.25, 0.3) is 0 Å². The molecule has 0 aromatic heterocycles. The number of esters is 1. The zero-order valence-corrected chi connectivity index (χ0v) is 14.2. The molecule has 0 N–H and O–H groups in total. The molecule has 1 atom stereocenters. The molecule has 4 heteroatoms. The monoisotopic (exact) mass is 326 g/mol. The molecule has 2 rings (SSSR count). The first-order valence-electron chi connectivity index (χ1n) is 7.82. The first-order valence-corrected chi connectivity index (χ1v) is 7.82. The molecule has 0 amide bonds. The second-order valence-electron chi connectivity index (χ2n) is 6.49. The van der Waals surface area contributed by atoms with Crippen LogP contribution < -0.4 is 0 Å². The maximum Gasteiger partial charge on any atom is 0.313 e. The Labute approximate surface area is 142 Å². The summed E-state index contributed by atoms with van der Waals surface area (Å²) in [6.07, 6.45) is -0.818. The average molecular weight is 326 g/mol. The molecule has 0 aliphatic rings. The van der Waals surface area contributed by atoms with Crippen LogP contribution in [0, 0.1) is 5.41 Å². The third kappa shape index (κ3) is 4.77. The minimum atomic E-state index is -0.818. The van der Waals surface area contributed by atoms with E-state index < -0.39 is 11.5 Å². The molecule has 0 fully saturated rings. The largest absolute Gasteiger partial charge is 0.438 e. The second-order valence-corrected chi connectivity index (χ2v) is 6.49. The minimum absolute atomic E-state index is 0.173. The second kappa shape index (κ2) is 7.88. The topological polar surface area (TPSA) is 52.6 Å². The van der Waals surface area contributed by atoms with Crippen LogP contribution in [0.5, 0.6) is 0 Å². The summed E-state index contributed by atoms with van der Waals surface area (Å²) in [4.78, 5) is 24.6. The van der Waals surface area contributed by atoms with Crippen LogP contribution in [0.3, 0.4) is 0 Å². The average Bonchev–Trinajstić information content (AvgIpc) is 2.58. The van der Waals surface area contributed by atoms with Crippen molar-refractivity contribution in [1.29, 1.82) is 0 Å². The Morgan fingerprint density at radius 2 is 1.46 bits per heavy atom. The molecular formula is C20H22O4. The van der Waals surface area contributed by atoms with Crippen molar-refractivity contribution in [3.63, 3.8) is 0 Å². The molecule has 0 radical (unpaired) electrons.